The summed E-state index contributed by atoms with van der Waals surface area (Å²) in [5.41, 5.74) is 5.98. The summed E-state index contributed by atoms with van der Waals surface area (Å²) in [7, 11) is 0. The van der Waals surface area contributed by atoms with Crippen LogP contribution in [0.1, 0.15) is 17.9 Å². The van der Waals surface area contributed by atoms with E-state index in [0.29, 0.717) is 5.75 Å². The quantitative estimate of drug-likeness (QED) is 0.802. The number of hydrogen-bond donors (Lipinski definition) is 2. The van der Waals surface area contributed by atoms with Gasteiger partial charge < -0.3 is 15.8 Å². The second-order valence-electron chi connectivity index (χ2n) is 4.42. The van der Waals surface area contributed by atoms with E-state index in [1.54, 1.807) is 6.07 Å². The summed E-state index contributed by atoms with van der Waals surface area (Å²) in [5.74, 6) is 1.55. The Labute approximate surface area is 125 Å². The van der Waals surface area contributed by atoms with Crippen molar-refractivity contribution in [3.63, 3.8) is 0 Å². The maximum absolute atomic E-state index is 12.2. The molecule has 20 heavy (non-hydrogen) atoms. The van der Waals surface area contributed by atoms with E-state index < -0.39 is 17.9 Å². The van der Waals surface area contributed by atoms with Gasteiger partial charge in [0.25, 0.3) is 0 Å². The van der Waals surface area contributed by atoms with Gasteiger partial charge in [0, 0.05) is 16.5 Å². The zero-order valence-corrected chi connectivity index (χ0v) is 12.1. The molecule has 0 spiro atoms. The van der Waals surface area contributed by atoms with Crippen LogP contribution in [0.4, 0.5) is 0 Å². The Kier molecular flexibility index (Phi) is 4.30. The molecule has 5 nitrogen and oxygen atoms in total. The number of benzene rings is 1. The lowest BCUT2D eigenvalue weighted by Crippen LogP contribution is -2.46. The molecule has 0 aromatic heterocycles. The number of ether oxygens (including phenoxy) is 1. The molecule has 1 aromatic carbocycles. The summed E-state index contributed by atoms with van der Waals surface area (Å²) >= 11 is 3.35. The number of rotatable bonds is 4. The summed E-state index contributed by atoms with van der Waals surface area (Å²) < 4.78 is 6.31. The molecule has 0 saturated heterocycles. The number of primary amides is 1. The molecule has 6 heteroatoms. The van der Waals surface area contributed by atoms with Crippen LogP contribution in [0.3, 0.4) is 0 Å². The van der Waals surface area contributed by atoms with Crippen molar-refractivity contribution in [3.8, 4) is 18.1 Å². The van der Waals surface area contributed by atoms with E-state index in [2.05, 4.69) is 27.2 Å². The maximum Gasteiger partial charge on any atom is 0.240 e. The first-order valence-corrected chi connectivity index (χ1v) is 6.77. The minimum atomic E-state index is -0.858. The van der Waals surface area contributed by atoms with Crippen LogP contribution in [0.25, 0.3) is 0 Å². The van der Waals surface area contributed by atoms with Crippen molar-refractivity contribution >= 4 is 27.7 Å². The normalized spacial score (nSPS) is 17.5. The number of fused-ring (bicyclic) bond motifs is 1. The van der Waals surface area contributed by atoms with Gasteiger partial charge in [-0.05, 0) is 18.2 Å². The van der Waals surface area contributed by atoms with E-state index in [1.165, 1.54) is 0 Å². The van der Waals surface area contributed by atoms with Crippen molar-refractivity contribution in [2.75, 3.05) is 6.61 Å². The lowest BCUT2D eigenvalue weighted by molar-refractivity contribution is -0.128. The van der Waals surface area contributed by atoms with E-state index in [1.807, 2.05) is 12.1 Å². The third-order valence-electron chi connectivity index (χ3n) is 3.05. The molecule has 104 valence electrons. The van der Waals surface area contributed by atoms with Crippen LogP contribution >= 0.6 is 15.9 Å². The fourth-order valence-electron chi connectivity index (χ4n) is 2.02. The Hall–Kier alpha value is -2.00. The number of terminal acetylenes is 1. The third kappa shape index (κ3) is 2.94. The Morgan fingerprint density at radius 3 is 3.00 bits per heavy atom. The highest BCUT2D eigenvalue weighted by molar-refractivity contribution is 9.10. The van der Waals surface area contributed by atoms with Gasteiger partial charge in [-0.3, -0.25) is 9.59 Å². The summed E-state index contributed by atoms with van der Waals surface area (Å²) in [6.07, 6.45) is 5.22. The molecular formula is C14H13BrN2O3. The number of hydrogen-bond acceptors (Lipinski definition) is 3. The molecule has 0 aliphatic carbocycles. The van der Waals surface area contributed by atoms with Crippen LogP contribution in [0, 0.1) is 12.3 Å². The molecule has 1 heterocycles. The highest BCUT2D eigenvalue weighted by atomic mass is 79.9. The minimum Gasteiger partial charge on any atom is -0.492 e. The third-order valence-corrected chi connectivity index (χ3v) is 3.54. The molecule has 1 aromatic rings. The monoisotopic (exact) mass is 336 g/mol. The van der Waals surface area contributed by atoms with Crippen molar-refractivity contribution in [2.45, 2.75) is 18.4 Å². The zero-order chi connectivity index (χ0) is 14.7. The first kappa shape index (κ1) is 14.4. The molecule has 0 bridgehead atoms. The number of carbonyl (C=O) groups excluding carboxylic acids is 2. The highest BCUT2D eigenvalue weighted by Gasteiger charge is 2.32. The molecular weight excluding hydrogens is 324 g/mol. The minimum absolute atomic E-state index is 0.0694. The van der Waals surface area contributed by atoms with E-state index in [9.17, 15) is 9.59 Å². The van der Waals surface area contributed by atoms with Crippen molar-refractivity contribution in [2.24, 2.45) is 5.73 Å². The number of carbonyl (C=O) groups is 2. The van der Waals surface area contributed by atoms with Gasteiger partial charge in [0.1, 0.15) is 24.3 Å². The lowest BCUT2D eigenvalue weighted by Gasteiger charge is -2.15. The van der Waals surface area contributed by atoms with Crippen LogP contribution in [0.15, 0.2) is 22.7 Å². The zero-order valence-electron chi connectivity index (χ0n) is 10.6. The number of halogens is 1. The number of nitrogens with two attached hydrogens (primary N) is 1. The SMILES string of the molecule is C#CC[C@@H](NC(=O)[C@H]1COc2ccc(Br)cc21)C(N)=O. The standard InChI is InChI=1S/C14H13BrN2O3/c1-2-3-11(13(16)18)17-14(19)10-7-20-12-5-4-8(15)6-9(10)12/h1,4-6,10-11H,3,7H2,(H2,16,18)(H,17,19)/t10-,11+/m0/s1. The van der Waals surface area contributed by atoms with E-state index in [-0.39, 0.29) is 18.9 Å². The van der Waals surface area contributed by atoms with Crippen molar-refractivity contribution in [3.05, 3.63) is 28.2 Å². The predicted molar refractivity (Wildman–Crippen MR) is 77.0 cm³/mol. The Balaban J connectivity index is 2.14. The maximum atomic E-state index is 12.2. The lowest BCUT2D eigenvalue weighted by atomic mass is 10.00. The summed E-state index contributed by atoms with van der Waals surface area (Å²) in [6, 6.07) is 4.60. The Morgan fingerprint density at radius 1 is 1.60 bits per heavy atom. The van der Waals surface area contributed by atoms with Crippen molar-refractivity contribution in [1.82, 2.24) is 5.32 Å². The highest BCUT2D eigenvalue weighted by Crippen LogP contribution is 2.35. The van der Waals surface area contributed by atoms with Crippen molar-refractivity contribution in [1.29, 1.82) is 0 Å². The Bertz CT molecular complexity index is 595. The number of amides is 2. The summed E-state index contributed by atoms with van der Waals surface area (Å²) in [4.78, 5) is 23.4. The van der Waals surface area contributed by atoms with Crippen molar-refractivity contribution < 1.29 is 14.3 Å². The fraction of sp³-hybridized carbons (Fsp3) is 0.286. The van der Waals surface area contributed by atoms with Crippen LogP contribution in [-0.4, -0.2) is 24.5 Å². The molecule has 0 saturated carbocycles. The van der Waals surface area contributed by atoms with Gasteiger partial charge in [0.05, 0.1) is 0 Å². The molecule has 0 fully saturated rings. The van der Waals surface area contributed by atoms with Crippen LogP contribution in [0.5, 0.6) is 5.75 Å². The summed E-state index contributed by atoms with van der Waals surface area (Å²) in [6.45, 7) is 0.235. The first-order chi connectivity index (χ1) is 9.52. The first-order valence-electron chi connectivity index (χ1n) is 5.98. The molecule has 0 radical (unpaired) electrons. The predicted octanol–water partition coefficient (Wildman–Crippen LogP) is 0.919. The molecule has 3 N–H and O–H groups in total. The number of nitrogens with one attached hydrogen (secondary N) is 1. The van der Waals surface area contributed by atoms with Crippen LogP contribution < -0.4 is 15.8 Å². The van der Waals surface area contributed by atoms with Gasteiger partial charge in [0.15, 0.2) is 0 Å². The molecule has 2 atom stereocenters. The van der Waals surface area contributed by atoms with Gasteiger partial charge >= 0.3 is 0 Å². The van der Waals surface area contributed by atoms with Crippen LogP contribution in [-0.2, 0) is 9.59 Å². The molecule has 2 amide bonds. The molecule has 1 aliphatic rings. The average Bonchev–Trinajstić information content (AvgIpc) is 2.80. The van der Waals surface area contributed by atoms with E-state index in [0.717, 1.165) is 10.0 Å². The molecule has 1 aliphatic heterocycles. The smallest absolute Gasteiger partial charge is 0.240 e. The second kappa shape index (κ2) is 5.97. The van der Waals surface area contributed by atoms with E-state index >= 15 is 0 Å². The van der Waals surface area contributed by atoms with Gasteiger partial charge in [-0.25, -0.2) is 0 Å². The Morgan fingerprint density at radius 2 is 2.35 bits per heavy atom. The molecule has 2 rings (SSSR count). The van der Waals surface area contributed by atoms with E-state index in [4.69, 9.17) is 16.9 Å². The largest absolute Gasteiger partial charge is 0.492 e. The van der Waals surface area contributed by atoms with Crippen LogP contribution in [0.2, 0.25) is 0 Å². The van der Waals surface area contributed by atoms with Gasteiger partial charge in [-0.15, -0.1) is 12.3 Å². The second-order valence-corrected chi connectivity index (χ2v) is 5.33. The average molecular weight is 337 g/mol. The van der Waals surface area contributed by atoms with Gasteiger partial charge in [0.2, 0.25) is 11.8 Å². The molecule has 0 unspecified atom stereocenters. The topological polar surface area (TPSA) is 81.4 Å². The fourth-order valence-corrected chi connectivity index (χ4v) is 2.39. The van der Waals surface area contributed by atoms with Gasteiger partial charge in [-0.2, -0.15) is 0 Å². The summed E-state index contributed by atoms with van der Waals surface area (Å²) in [5, 5.41) is 2.57. The van der Waals surface area contributed by atoms with Gasteiger partial charge in [-0.1, -0.05) is 15.9 Å².